The highest BCUT2D eigenvalue weighted by atomic mass is 16.5. The molecule has 3 fully saturated rings. The van der Waals surface area contributed by atoms with Crippen LogP contribution in [0, 0.1) is 11.3 Å². The first kappa shape index (κ1) is 15.3. The van der Waals surface area contributed by atoms with Gasteiger partial charge in [-0.2, -0.15) is 0 Å². The molecule has 0 bridgehead atoms. The van der Waals surface area contributed by atoms with E-state index in [1.165, 1.54) is 51.4 Å². The quantitative estimate of drug-likeness (QED) is 0.845. The lowest BCUT2D eigenvalue weighted by atomic mass is 9.87. The summed E-state index contributed by atoms with van der Waals surface area (Å²) in [5.41, 5.74) is 0.363. The SMILES string of the molecule is O=C(CN1CC[C@@]2(CCOC2)C1)NCCC1CCCCC1. The molecule has 1 atom stereocenters. The molecule has 0 aromatic carbocycles. The summed E-state index contributed by atoms with van der Waals surface area (Å²) in [6.07, 6.45) is 10.4. The number of hydrogen-bond donors (Lipinski definition) is 1. The van der Waals surface area contributed by atoms with Crippen LogP contribution in [0.4, 0.5) is 0 Å². The standard InChI is InChI=1S/C17H30N2O2/c20-16(18-9-6-15-4-2-1-3-5-15)12-19-10-7-17(13-19)8-11-21-14-17/h15H,1-14H2,(H,18,20)/t17-/m1/s1. The first-order chi connectivity index (χ1) is 10.3. The Morgan fingerprint density at radius 3 is 2.86 bits per heavy atom. The van der Waals surface area contributed by atoms with Crippen molar-refractivity contribution in [3.63, 3.8) is 0 Å². The number of carbonyl (C=O) groups is 1. The van der Waals surface area contributed by atoms with Crippen molar-refractivity contribution in [1.82, 2.24) is 10.2 Å². The fourth-order valence-corrected chi connectivity index (χ4v) is 4.28. The molecule has 0 aromatic rings. The monoisotopic (exact) mass is 294 g/mol. The Bertz CT molecular complexity index is 347. The van der Waals surface area contributed by atoms with Gasteiger partial charge < -0.3 is 10.1 Å². The number of amides is 1. The van der Waals surface area contributed by atoms with E-state index in [0.717, 1.165) is 38.8 Å². The molecule has 1 spiro atoms. The van der Waals surface area contributed by atoms with E-state index in [9.17, 15) is 4.79 Å². The Hall–Kier alpha value is -0.610. The minimum Gasteiger partial charge on any atom is -0.381 e. The Kier molecular flexibility index (Phi) is 5.17. The van der Waals surface area contributed by atoms with E-state index in [1.54, 1.807) is 0 Å². The third-order valence-electron chi connectivity index (χ3n) is 5.67. The molecule has 1 N–H and O–H groups in total. The second-order valence-corrected chi connectivity index (χ2v) is 7.41. The molecule has 0 aromatic heterocycles. The molecule has 0 unspecified atom stereocenters. The van der Waals surface area contributed by atoms with Crippen molar-refractivity contribution in [2.45, 2.75) is 51.4 Å². The number of rotatable bonds is 5. The number of ether oxygens (including phenoxy) is 1. The largest absolute Gasteiger partial charge is 0.381 e. The fourth-order valence-electron chi connectivity index (χ4n) is 4.28. The maximum atomic E-state index is 12.1. The summed E-state index contributed by atoms with van der Waals surface area (Å²) in [6, 6.07) is 0. The van der Waals surface area contributed by atoms with Gasteiger partial charge in [-0.15, -0.1) is 0 Å². The summed E-state index contributed by atoms with van der Waals surface area (Å²) in [5, 5.41) is 3.12. The fraction of sp³-hybridized carbons (Fsp3) is 0.941. The zero-order chi connectivity index (χ0) is 14.5. The molecule has 2 saturated heterocycles. The van der Waals surface area contributed by atoms with Gasteiger partial charge in [0.1, 0.15) is 0 Å². The van der Waals surface area contributed by atoms with Crippen LogP contribution in [0.25, 0.3) is 0 Å². The van der Waals surface area contributed by atoms with Crippen LogP contribution >= 0.6 is 0 Å². The van der Waals surface area contributed by atoms with Gasteiger partial charge in [0.25, 0.3) is 0 Å². The molecule has 0 radical (unpaired) electrons. The third-order valence-corrected chi connectivity index (χ3v) is 5.67. The normalized spacial score (nSPS) is 31.0. The number of likely N-dealkylation sites (tertiary alicyclic amines) is 1. The summed E-state index contributed by atoms with van der Waals surface area (Å²) in [4.78, 5) is 14.4. The van der Waals surface area contributed by atoms with Crippen LogP contribution in [-0.4, -0.2) is 50.2 Å². The van der Waals surface area contributed by atoms with Crippen molar-refractivity contribution in [1.29, 1.82) is 0 Å². The van der Waals surface area contributed by atoms with Crippen LogP contribution in [-0.2, 0) is 9.53 Å². The minimum absolute atomic E-state index is 0.210. The molecule has 21 heavy (non-hydrogen) atoms. The molecular weight excluding hydrogens is 264 g/mol. The summed E-state index contributed by atoms with van der Waals surface area (Å²) < 4.78 is 5.54. The van der Waals surface area contributed by atoms with Gasteiger partial charge in [-0.1, -0.05) is 32.1 Å². The average molecular weight is 294 g/mol. The maximum Gasteiger partial charge on any atom is 0.234 e. The highest BCUT2D eigenvalue weighted by Gasteiger charge is 2.41. The lowest BCUT2D eigenvalue weighted by Gasteiger charge is -2.23. The molecule has 3 rings (SSSR count). The van der Waals surface area contributed by atoms with E-state index in [0.29, 0.717) is 12.0 Å². The van der Waals surface area contributed by atoms with Gasteiger partial charge in [-0.3, -0.25) is 9.69 Å². The zero-order valence-corrected chi connectivity index (χ0v) is 13.2. The van der Waals surface area contributed by atoms with Crippen LogP contribution in [0.2, 0.25) is 0 Å². The highest BCUT2D eigenvalue weighted by Crippen LogP contribution is 2.37. The number of nitrogens with zero attached hydrogens (tertiary/aromatic N) is 1. The van der Waals surface area contributed by atoms with Crippen LogP contribution in [0.1, 0.15) is 51.4 Å². The Labute approximate surface area is 128 Å². The number of nitrogens with one attached hydrogen (secondary N) is 1. The van der Waals surface area contributed by atoms with Crippen molar-refractivity contribution in [3.8, 4) is 0 Å². The molecule has 1 saturated carbocycles. The third kappa shape index (κ3) is 4.19. The van der Waals surface area contributed by atoms with E-state index in [-0.39, 0.29) is 5.91 Å². The first-order valence-corrected chi connectivity index (χ1v) is 8.83. The number of carbonyl (C=O) groups excluding carboxylic acids is 1. The van der Waals surface area contributed by atoms with Gasteiger partial charge >= 0.3 is 0 Å². The van der Waals surface area contributed by atoms with Crippen molar-refractivity contribution in [2.24, 2.45) is 11.3 Å². The van der Waals surface area contributed by atoms with E-state index in [1.807, 2.05) is 0 Å². The smallest absolute Gasteiger partial charge is 0.234 e. The predicted molar refractivity (Wildman–Crippen MR) is 83.1 cm³/mol. The van der Waals surface area contributed by atoms with Crippen LogP contribution < -0.4 is 5.32 Å². The molecule has 4 nitrogen and oxygen atoms in total. The van der Waals surface area contributed by atoms with E-state index in [2.05, 4.69) is 10.2 Å². The Balaban J connectivity index is 1.31. The molecule has 1 aliphatic carbocycles. The molecule has 2 aliphatic heterocycles. The zero-order valence-electron chi connectivity index (χ0n) is 13.2. The molecular formula is C17H30N2O2. The molecule has 4 heteroatoms. The van der Waals surface area contributed by atoms with Crippen molar-refractivity contribution < 1.29 is 9.53 Å². The molecule has 1 amide bonds. The van der Waals surface area contributed by atoms with E-state index in [4.69, 9.17) is 4.74 Å². The number of hydrogen-bond acceptors (Lipinski definition) is 3. The molecule has 3 aliphatic rings. The highest BCUT2D eigenvalue weighted by molar-refractivity contribution is 5.78. The minimum atomic E-state index is 0.210. The summed E-state index contributed by atoms with van der Waals surface area (Å²) >= 11 is 0. The first-order valence-electron chi connectivity index (χ1n) is 8.83. The maximum absolute atomic E-state index is 12.1. The summed E-state index contributed by atoms with van der Waals surface area (Å²) in [7, 11) is 0. The van der Waals surface area contributed by atoms with Gasteiger partial charge in [0.05, 0.1) is 13.2 Å². The Morgan fingerprint density at radius 2 is 2.10 bits per heavy atom. The van der Waals surface area contributed by atoms with Crippen molar-refractivity contribution >= 4 is 5.91 Å². The van der Waals surface area contributed by atoms with Gasteiger partial charge in [-0.05, 0) is 31.7 Å². The van der Waals surface area contributed by atoms with Crippen molar-refractivity contribution in [2.75, 3.05) is 39.4 Å². The lowest BCUT2D eigenvalue weighted by molar-refractivity contribution is -0.122. The predicted octanol–water partition coefficient (Wildman–Crippen LogP) is 2.19. The van der Waals surface area contributed by atoms with Gasteiger partial charge in [0, 0.05) is 25.1 Å². The topological polar surface area (TPSA) is 41.6 Å². The second-order valence-electron chi connectivity index (χ2n) is 7.41. The Morgan fingerprint density at radius 1 is 1.24 bits per heavy atom. The summed E-state index contributed by atoms with van der Waals surface area (Å²) in [6.45, 7) is 5.34. The van der Waals surface area contributed by atoms with Gasteiger partial charge in [0.2, 0.25) is 5.91 Å². The van der Waals surface area contributed by atoms with E-state index < -0.39 is 0 Å². The molecule has 2 heterocycles. The van der Waals surface area contributed by atoms with E-state index >= 15 is 0 Å². The lowest BCUT2D eigenvalue weighted by Crippen LogP contribution is -2.38. The average Bonchev–Trinajstić information content (AvgIpc) is 3.11. The van der Waals surface area contributed by atoms with Crippen LogP contribution in [0.5, 0.6) is 0 Å². The summed E-state index contributed by atoms with van der Waals surface area (Å²) in [5.74, 6) is 1.06. The second kappa shape index (κ2) is 7.10. The van der Waals surface area contributed by atoms with Crippen LogP contribution in [0.3, 0.4) is 0 Å². The molecule has 120 valence electrons. The van der Waals surface area contributed by atoms with Gasteiger partial charge in [-0.25, -0.2) is 0 Å². The van der Waals surface area contributed by atoms with Crippen LogP contribution in [0.15, 0.2) is 0 Å². The van der Waals surface area contributed by atoms with Gasteiger partial charge in [0.15, 0.2) is 0 Å². The van der Waals surface area contributed by atoms with Crippen molar-refractivity contribution in [3.05, 3.63) is 0 Å².